The van der Waals surface area contributed by atoms with Crippen LogP contribution in [-0.4, -0.2) is 6.79 Å². The minimum atomic E-state index is 0. The molecule has 1 aliphatic heterocycles. The first-order chi connectivity index (χ1) is 7.81. The number of hydrogen-bond acceptors (Lipinski definition) is 3. The van der Waals surface area contributed by atoms with Crippen molar-refractivity contribution in [1.82, 2.24) is 0 Å². The highest BCUT2D eigenvalue weighted by Crippen LogP contribution is 2.34. The van der Waals surface area contributed by atoms with Crippen LogP contribution in [0.5, 0.6) is 11.5 Å². The number of unbranched alkanes of at least 4 members (excludes halogenated alkanes) is 2. The fourth-order valence-corrected chi connectivity index (χ4v) is 1.92. The Bertz CT molecular complexity index is 357. The number of halogens is 1. The van der Waals surface area contributed by atoms with Gasteiger partial charge in [0.25, 0.3) is 0 Å². The van der Waals surface area contributed by atoms with Gasteiger partial charge in [0, 0.05) is 6.04 Å². The summed E-state index contributed by atoms with van der Waals surface area (Å²) in [5.41, 5.74) is 7.27. The van der Waals surface area contributed by atoms with Crippen LogP contribution in [0.1, 0.15) is 44.2 Å². The van der Waals surface area contributed by atoms with Gasteiger partial charge in [-0.05, 0) is 24.1 Å². The Morgan fingerprint density at radius 1 is 1.24 bits per heavy atom. The molecular formula is C13H20ClNO2. The molecule has 0 amide bonds. The first-order valence-electron chi connectivity index (χ1n) is 5.96. The molecule has 0 bridgehead atoms. The van der Waals surface area contributed by atoms with Crippen molar-refractivity contribution < 1.29 is 9.47 Å². The van der Waals surface area contributed by atoms with E-state index in [0.29, 0.717) is 6.79 Å². The van der Waals surface area contributed by atoms with Crippen LogP contribution < -0.4 is 15.2 Å². The summed E-state index contributed by atoms with van der Waals surface area (Å²) in [6.07, 6.45) is 4.70. The molecule has 17 heavy (non-hydrogen) atoms. The number of ether oxygens (including phenoxy) is 2. The second-order valence-electron chi connectivity index (χ2n) is 4.21. The third kappa shape index (κ3) is 3.51. The standard InChI is InChI=1S/C13H19NO2.ClH/c1-2-3-4-5-11(14)10-6-7-12-13(8-10)16-9-15-12;/h6-8,11H,2-5,9,14H2,1H3;1H/t11-;/m1./s1. The van der Waals surface area contributed by atoms with E-state index in [1.165, 1.54) is 19.3 Å². The molecule has 1 aromatic carbocycles. The lowest BCUT2D eigenvalue weighted by molar-refractivity contribution is 0.174. The highest BCUT2D eigenvalue weighted by molar-refractivity contribution is 5.85. The Morgan fingerprint density at radius 3 is 2.76 bits per heavy atom. The van der Waals surface area contributed by atoms with Crippen molar-refractivity contribution in [3.05, 3.63) is 23.8 Å². The molecule has 0 saturated carbocycles. The van der Waals surface area contributed by atoms with E-state index in [1.54, 1.807) is 0 Å². The molecule has 0 aromatic heterocycles. The summed E-state index contributed by atoms with van der Waals surface area (Å²) >= 11 is 0. The van der Waals surface area contributed by atoms with Crippen molar-refractivity contribution >= 4 is 12.4 Å². The van der Waals surface area contributed by atoms with Gasteiger partial charge in [0.1, 0.15) is 0 Å². The molecule has 96 valence electrons. The molecule has 2 N–H and O–H groups in total. The normalized spacial score (nSPS) is 14.2. The Hall–Kier alpha value is -0.930. The van der Waals surface area contributed by atoms with E-state index in [2.05, 4.69) is 6.92 Å². The molecule has 0 aliphatic carbocycles. The lowest BCUT2D eigenvalue weighted by Gasteiger charge is -2.12. The maximum atomic E-state index is 6.13. The molecule has 0 saturated heterocycles. The summed E-state index contributed by atoms with van der Waals surface area (Å²) in [4.78, 5) is 0. The maximum Gasteiger partial charge on any atom is 0.231 e. The maximum absolute atomic E-state index is 6.13. The Morgan fingerprint density at radius 2 is 2.00 bits per heavy atom. The zero-order valence-corrected chi connectivity index (χ0v) is 11.0. The summed E-state index contributed by atoms with van der Waals surface area (Å²) in [6.45, 7) is 2.52. The van der Waals surface area contributed by atoms with Crippen molar-refractivity contribution in [3.8, 4) is 11.5 Å². The number of nitrogens with two attached hydrogens (primary N) is 1. The molecule has 0 radical (unpaired) electrons. The van der Waals surface area contributed by atoms with Crippen LogP contribution in [0.3, 0.4) is 0 Å². The molecule has 1 aromatic rings. The zero-order chi connectivity index (χ0) is 11.4. The van der Waals surface area contributed by atoms with Crippen LogP contribution in [-0.2, 0) is 0 Å². The molecule has 1 aliphatic rings. The SMILES string of the molecule is CCCCC[C@@H](N)c1ccc2c(c1)OCO2.Cl. The third-order valence-corrected chi connectivity index (χ3v) is 2.94. The predicted octanol–water partition coefficient (Wildman–Crippen LogP) is 3.42. The van der Waals surface area contributed by atoms with Crippen molar-refractivity contribution in [2.24, 2.45) is 5.73 Å². The van der Waals surface area contributed by atoms with Gasteiger partial charge in [-0.3, -0.25) is 0 Å². The molecule has 0 fully saturated rings. The van der Waals surface area contributed by atoms with E-state index in [0.717, 1.165) is 23.5 Å². The van der Waals surface area contributed by atoms with Crippen LogP contribution in [0.4, 0.5) is 0 Å². The first-order valence-corrected chi connectivity index (χ1v) is 5.96. The fourth-order valence-electron chi connectivity index (χ4n) is 1.92. The lowest BCUT2D eigenvalue weighted by atomic mass is 10.0. The number of benzene rings is 1. The average Bonchev–Trinajstić information content (AvgIpc) is 2.76. The summed E-state index contributed by atoms with van der Waals surface area (Å²) < 4.78 is 10.6. The van der Waals surface area contributed by atoms with Crippen molar-refractivity contribution in [1.29, 1.82) is 0 Å². The molecule has 0 unspecified atom stereocenters. The molecular weight excluding hydrogens is 238 g/mol. The lowest BCUT2D eigenvalue weighted by Crippen LogP contribution is -2.09. The number of rotatable bonds is 5. The largest absolute Gasteiger partial charge is 0.454 e. The molecule has 0 spiro atoms. The van der Waals surface area contributed by atoms with Crippen LogP contribution in [0.15, 0.2) is 18.2 Å². The Balaban J connectivity index is 0.00000144. The first kappa shape index (κ1) is 14.1. The molecule has 2 rings (SSSR count). The van der Waals surface area contributed by atoms with E-state index in [9.17, 15) is 0 Å². The van der Waals surface area contributed by atoms with Crippen molar-refractivity contribution in [2.45, 2.75) is 38.6 Å². The molecule has 4 heteroatoms. The summed E-state index contributed by atoms with van der Waals surface area (Å²) in [6, 6.07) is 6.08. The molecule has 3 nitrogen and oxygen atoms in total. The van der Waals surface area contributed by atoms with E-state index >= 15 is 0 Å². The van der Waals surface area contributed by atoms with Gasteiger partial charge in [-0.25, -0.2) is 0 Å². The topological polar surface area (TPSA) is 44.5 Å². The Kier molecular flexibility index (Phi) is 5.59. The third-order valence-electron chi connectivity index (χ3n) is 2.94. The number of fused-ring (bicyclic) bond motifs is 1. The van der Waals surface area contributed by atoms with E-state index < -0.39 is 0 Å². The summed E-state index contributed by atoms with van der Waals surface area (Å²) in [7, 11) is 0. The molecule has 1 heterocycles. The second-order valence-corrected chi connectivity index (χ2v) is 4.21. The smallest absolute Gasteiger partial charge is 0.231 e. The van der Waals surface area contributed by atoms with Crippen molar-refractivity contribution in [2.75, 3.05) is 6.79 Å². The van der Waals surface area contributed by atoms with Crippen LogP contribution in [0.2, 0.25) is 0 Å². The van der Waals surface area contributed by atoms with Gasteiger partial charge >= 0.3 is 0 Å². The second kappa shape index (κ2) is 6.72. The quantitative estimate of drug-likeness (QED) is 0.822. The fraction of sp³-hybridized carbons (Fsp3) is 0.538. The Labute approximate surface area is 109 Å². The van der Waals surface area contributed by atoms with Crippen molar-refractivity contribution in [3.63, 3.8) is 0 Å². The minimum absolute atomic E-state index is 0. The van der Waals surface area contributed by atoms with Gasteiger partial charge in [-0.1, -0.05) is 32.3 Å². The summed E-state index contributed by atoms with van der Waals surface area (Å²) in [5, 5.41) is 0. The van der Waals surface area contributed by atoms with Crippen LogP contribution >= 0.6 is 12.4 Å². The van der Waals surface area contributed by atoms with Gasteiger partial charge in [0.05, 0.1) is 0 Å². The van der Waals surface area contributed by atoms with Gasteiger partial charge in [-0.2, -0.15) is 0 Å². The average molecular weight is 258 g/mol. The van der Waals surface area contributed by atoms with E-state index in [4.69, 9.17) is 15.2 Å². The minimum Gasteiger partial charge on any atom is -0.454 e. The van der Waals surface area contributed by atoms with Gasteiger partial charge in [0.2, 0.25) is 6.79 Å². The van der Waals surface area contributed by atoms with E-state index in [1.807, 2.05) is 18.2 Å². The van der Waals surface area contributed by atoms with Crippen LogP contribution in [0.25, 0.3) is 0 Å². The van der Waals surface area contributed by atoms with Gasteiger partial charge < -0.3 is 15.2 Å². The molecule has 1 atom stereocenters. The number of hydrogen-bond donors (Lipinski definition) is 1. The van der Waals surface area contributed by atoms with Gasteiger partial charge in [0.15, 0.2) is 11.5 Å². The monoisotopic (exact) mass is 257 g/mol. The van der Waals surface area contributed by atoms with Crippen LogP contribution in [0, 0.1) is 0 Å². The zero-order valence-electron chi connectivity index (χ0n) is 10.1. The predicted molar refractivity (Wildman–Crippen MR) is 70.9 cm³/mol. The highest BCUT2D eigenvalue weighted by Gasteiger charge is 2.15. The highest BCUT2D eigenvalue weighted by atomic mass is 35.5. The van der Waals surface area contributed by atoms with E-state index in [-0.39, 0.29) is 18.4 Å². The van der Waals surface area contributed by atoms with Gasteiger partial charge in [-0.15, -0.1) is 12.4 Å². The summed E-state index contributed by atoms with van der Waals surface area (Å²) in [5.74, 6) is 1.65.